The molecule has 98 valence electrons. The Morgan fingerprint density at radius 3 is 2.89 bits per heavy atom. The molecule has 0 radical (unpaired) electrons. The zero-order valence-corrected chi connectivity index (χ0v) is 11.7. The zero-order chi connectivity index (χ0) is 14.0. The van der Waals surface area contributed by atoms with Crippen LogP contribution in [-0.4, -0.2) is 20.7 Å². The minimum atomic E-state index is -0.292. The maximum absolute atomic E-state index is 12.0. The van der Waals surface area contributed by atoms with Crippen LogP contribution < -0.4 is 5.32 Å². The van der Waals surface area contributed by atoms with Crippen molar-refractivity contribution in [2.45, 2.75) is 19.8 Å². The molecule has 0 aliphatic heterocycles. The van der Waals surface area contributed by atoms with Crippen LogP contribution in [0.15, 0.2) is 12.4 Å². The molecule has 0 unspecified atom stereocenters. The highest BCUT2D eigenvalue weighted by molar-refractivity contribution is 7.13. The van der Waals surface area contributed by atoms with E-state index < -0.39 is 0 Å². The van der Waals surface area contributed by atoms with Gasteiger partial charge < -0.3 is 5.32 Å². The second kappa shape index (κ2) is 5.20. The largest absolute Gasteiger partial charge is 0.303 e. The van der Waals surface area contributed by atoms with Crippen molar-refractivity contribution in [3.05, 3.63) is 27.8 Å². The summed E-state index contributed by atoms with van der Waals surface area (Å²) in [5.74, 6) is 0.269. The summed E-state index contributed by atoms with van der Waals surface area (Å²) in [5.41, 5.74) is 0.337. The molecule has 7 heteroatoms. The molecule has 0 atom stereocenters. The molecule has 2 aromatic rings. The SMILES string of the molecule is CC(C)c1ncc(C(=O)Nc2nn(C)cc2C#N)s1. The molecule has 0 saturated carbocycles. The van der Waals surface area contributed by atoms with Crippen LogP contribution in [0.1, 0.15) is 40.0 Å². The molecule has 2 rings (SSSR count). The Hall–Kier alpha value is -2.20. The first kappa shape index (κ1) is 13.2. The molecule has 19 heavy (non-hydrogen) atoms. The van der Waals surface area contributed by atoms with E-state index in [4.69, 9.17) is 5.26 Å². The lowest BCUT2D eigenvalue weighted by atomic mass is 10.2. The number of thiazole rings is 1. The number of carbonyl (C=O) groups excluding carboxylic acids is 1. The van der Waals surface area contributed by atoms with Crippen LogP contribution in [0.2, 0.25) is 0 Å². The number of nitrogens with zero attached hydrogens (tertiary/aromatic N) is 4. The molecule has 1 amide bonds. The molecule has 0 aromatic carbocycles. The Morgan fingerprint density at radius 1 is 1.58 bits per heavy atom. The van der Waals surface area contributed by atoms with E-state index in [0.717, 1.165) is 5.01 Å². The average molecular weight is 275 g/mol. The molecule has 0 spiro atoms. The van der Waals surface area contributed by atoms with Crippen LogP contribution in [0.3, 0.4) is 0 Å². The first-order chi connectivity index (χ1) is 9.01. The van der Waals surface area contributed by atoms with Gasteiger partial charge in [-0.15, -0.1) is 11.3 Å². The fraction of sp³-hybridized carbons (Fsp3) is 0.333. The summed E-state index contributed by atoms with van der Waals surface area (Å²) in [6.45, 7) is 4.04. The molecule has 1 N–H and O–H groups in total. The minimum Gasteiger partial charge on any atom is -0.303 e. The van der Waals surface area contributed by atoms with Crippen molar-refractivity contribution in [1.29, 1.82) is 5.26 Å². The van der Waals surface area contributed by atoms with Crippen LogP contribution in [0.5, 0.6) is 0 Å². The Kier molecular flexibility index (Phi) is 3.62. The maximum atomic E-state index is 12.0. The summed E-state index contributed by atoms with van der Waals surface area (Å²) in [5, 5.41) is 16.5. The third kappa shape index (κ3) is 2.80. The van der Waals surface area contributed by atoms with Crippen molar-refractivity contribution in [1.82, 2.24) is 14.8 Å². The highest BCUT2D eigenvalue weighted by atomic mass is 32.1. The zero-order valence-electron chi connectivity index (χ0n) is 10.8. The third-order valence-corrected chi connectivity index (χ3v) is 3.72. The Balaban J connectivity index is 2.18. The molecule has 0 aliphatic carbocycles. The standard InChI is InChI=1S/C12H13N5OS/c1-7(2)12-14-5-9(19-12)11(18)15-10-8(4-13)6-17(3)16-10/h5-7H,1-3H3,(H,15,16,18). The van der Waals surface area contributed by atoms with Crippen LogP contribution in [0.4, 0.5) is 5.82 Å². The number of hydrogen-bond acceptors (Lipinski definition) is 5. The van der Waals surface area contributed by atoms with E-state index in [9.17, 15) is 4.79 Å². The predicted molar refractivity (Wildman–Crippen MR) is 72.1 cm³/mol. The number of aromatic nitrogens is 3. The van der Waals surface area contributed by atoms with Crippen LogP contribution in [-0.2, 0) is 7.05 Å². The molecule has 0 bridgehead atoms. The number of rotatable bonds is 3. The first-order valence-electron chi connectivity index (χ1n) is 5.72. The first-order valence-corrected chi connectivity index (χ1v) is 6.53. The highest BCUT2D eigenvalue weighted by Gasteiger charge is 2.15. The van der Waals surface area contributed by atoms with Crippen LogP contribution in [0.25, 0.3) is 0 Å². The number of anilines is 1. The highest BCUT2D eigenvalue weighted by Crippen LogP contribution is 2.22. The van der Waals surface area contributed by atoms with Crippen molar-refractivity contribution >= 4 is 23.1 Å². The minimum absolute atomic E-state index is 0.273. The van der Waals surface area contributed by atoms with Gasteiger partial charge in [0.2, 0.25) is 0 Å². The second-order valence-corrected chi connectivity index (χ2v) is 5.41. The van der Waals surface area contributed by atoms with Gasteiger partial charge >= 0.3 is 0 Å². The molecule has 2 aromatic heterocycles. The van der Waals surface area contributed by atoms with Gasteiger partial charge in [0.25, 0.3) is 5.91 Å². The summed E-state index contributed by atoms with van der Waals surface area (Å²) in [6.07, 6.45) is 3.10. The number of carbonyl (C=O) groups is 1. The fourth-order valence-corrected chi connectivity index (χ4v) is 2.31. The molecule has 0 fully saturated rings. The maximum Gasteiger partial charge on any atom is 0.268 e. The van der Waals surface area contributed by atoms with E-state index in [1.807, 2.05) is 19.9 Å². The number of aryl methyl sites for hydroxylation is 1. The Morgan fingerprint density at radius 2 is 2.32 bits per heavy atom. The van der Waals surface area contributed by atoms with E-state index in [1.54, 1.807) is 19.4 Å². The van der Waals surface area contributed by atoms with Gasteiger partial charge in [-0.3, -0.25) is 9.48 Å². The summed E-state index contributed by atoms with van der Waals surface area (Å²) < 4.78 is 1.49. The van der Waals surface area contributed by atoms with E-state index >= 15 is 0 Å². The van der Waals surface area contributed by atoms with Gasteiger partial charge in [0.15, 0.2) is 5.82 Å². The van der Waals surface area contributed by atoms with Crippen LogP contribution >= 0.6 is 11.3 Å². The Bertz CT molecular complexity index is 649. The predicted octanol–water partition coefficient (Wildman–Crippen LogP) is 2.12. The molecular formula is C12H13N5OS. The van der Waals surface area contributed by atoms with Gasteiger partial charge in [-0.05, 0) is 0 Å². The van der Waals surface area contributed by atoms with E-state index in [2.05, 4.69) is 15.4 Å². The van der Waals surface area contributed by atoms with Crippen LogP contribution in [0, 0.1) is 11.3 Å². The Labute approximate surface area is 114 Å². The fourth-order valence-electron chi connectivity index (χ4n) is 1.49. The van der Waals surface area contributed by atoms with E-state index in [-0.39, 0.29) is 17.6 Å². The van der Waals surface area contributed by atoms with Crippen molar-refractivity contribution in [2.24, 2.45) is 7.05 Å². The van der Waals surface area contributed by atoms with Gasteiger partial charge in [0.05, 0.1) is 11.2 Å². The average Bonchev–Trinajstić information content (AvgIpc) is 2.95. The van der Waals surface area contributed by atoms with Crippen molar-refractivity contribution in [3.63, 3.8) is 0 Å². The van der Waals surface area contributed by atoms with Gasteiger partial charge in [0.1, 0.15) is 16.5 Å². The number of amides is 1. The summed E-state index contributed by atoms with van der Waals surface area (Å²) >= 11 is 1.35. The van der Waals surface area contributed by atoms with Crippen molar-refractivity contribution < 1.29 is 4.79 Å². The van der Waals surface area contributed by atoms with Crippen molar-refractivity contribution in [2.75, 3.05) is 5.32 Å². The van der Waals surface area contributed by atoms with Gasteiger partial charge in [-0.1, -0.05) is 13.8 Å². The van der Waals surface area contributed by atoms with E-state index in [0.29, 0.717) is 10.4 Å². The molecule has 6 nitrogen and oxygen atoms in total. The third-order valence-electron chi connectivity index (χ3n) is 2.42. The lowest BCUT2D eigenvalue weighted by molar-refractivity contribution is 0.103. The summed E-state index contributed by atoms with van der Waals surface area (Å²) in [7, 11) is 1.69. The molecule has 2 heterocycles. The summed E-state index contributed by atoms with van der Waals surface area (Å²) in [6, 6.07) is 1.99. The quantitative estimate of drug-likeness (QED) is 0.930. The normalized spacial score (nSPS) is 10.5. The van der Waals surface area contributed by atoms with Gasteiger partial charge in [0, 0.05) is 19.2 Å². The molecule has 0 aliphatic rings. The lowest BCUT2D eigenvalue weighted by Gasteiger charge is -1.99. The number of hydrogen-bond donors (Lipinski definition) is 1. The number of nitrogens with one attached hydrogen (secondary N) is 1. The topological polar surface area (TPSA) is 83.6 Å². The van der Waals surface area contributed by atoms with Gasteiger partial charge in [-0.25, -0.2) is 4.98 Å². The summed E-state index contributed by atoms with van der Waals surface area (Å²) in [4.78, 5) is 16.7. The van der Waals surface area contributed by atoms with Gasteiger partial charge in [-0.2, -0.15) is 10.4 Å². The smallest absolute Gasteiger partial charge is 0.268 e. The number of nitriles is 1. The lowest BCUT2D eigenvalue weighted by Crippen LogP contribution is -2.11. The van der Waals surface area contributed by atoms with E-state index in [1.165, 1.54) is 16.0 Å². The monoisotopic (exact) mass is 275 g/mol. The second-order valence-electron chi connectivity index (χ2n) is 4.35. The van der Waals surface area contributed by atoms with Crippen molar-refractivity contribution in [3.8, 4) is 6.07 Å². The molecular weight excluding hydrogens is 262 g/mol. The molecule has 0 saturated heterocycles.